The minimum atomic E-state index is -1.06. The molecule has 4 rings (SSSR count). The van der Waals surface area contributed by atoms with E-state index in [0.29, 0.717) is 17.6 Å². The molecule has 1 aliphatic rings. The molecule has 0 spiro atoms. The van der Waals surface area contributed by atoms with E-state index in [4.69, 9.17) is 4.74 Å². The summed E-state index contributed by atoms with van der Waals surface area (Å²) in [6, 6.07) is 14.6. The monoisotopic (exact) mass is 509 g/mol. The van der Waals surface area contributed by atoms with Gasteiger partial charge in [0.1, 0.15) is 17.9 Å². The number of ether oxygens (including phenoxy) is 1. The molecule has 1 N–H and O–H groups in total. The summed E-state index contributed by atoms with van der Waals surface area (Å²) >= 11 is 3.49. The molecular formula is C26H28BrN3O3. The second-order valence-electron chi connectivity index (χ2n) is 8.71. The van der Waals surface area contributed by atoms with E-state index in [1.54, 1.807) is 0 Å². The number of carboxylic acids is 1. The van der Waals surface area contributed by atoms with Crippen LogP contribution in [0.15, 0.2) is 53.1 Å². The molecule has 1 atom stereocenters. The number of rotatable bonds is 7. The second kappa shape index (κ2) is 9.91. The van der Waals surface area contributed by atoms with Crippen LogP contribution in [0.3, 0.4) is 0 Å². The van der Waals surface area contributed by atoms with Crippen molar-refractivity contribution in [3.63, 3.8) is 0 Å². The second-order valence-corrected chi connectivity index (χ2v) is 9.62. The Morgan fingerprint density at radius 2 is 2.00 bits per heavy atom. The van der Waals surface area contributed by atoms with Crippen LogP contribution in [0.4, 0.5) is 5.95 Å². The predicted octanol–water partition coefficient (Wildman–Crippen LogP) is 6.29. The zero-order valence-electron chi connectivity index (χ0n) is 19.1. The van der Waals surface area contributed by atoms with Crippen molar-refractivity contribution in [1.82, 2.24) is 9.97 Å². The minimum Gasteiger partial charge on any atom is -0.487 e. The quantitative estimate of drug-likeness (QED) is 0.403. The molecule has 172 valence electrons. The van der Waals surface area contributed by atoms with E-state index in [1.165, 1.54) is 17.3 Å². The van der Waals surface area contributed by atoms with Crippen molar-refractivity contribution in [2.24, 2.45) is 0 Å². The maximum absolute atomic E-state index is 11.8. The Labute approximate surface area is 202 Å². The van der Waals surface area contributed by atoms with Gasteiger partial charge in [-0.25, -0.2) is 14.8 Å². The molecule has 6 nitrogen and oxygen atoms in total. The van der Waals surface area contributed by atoms with Crippen LogP contribution in [0.1, 0.15) is 71.4 Å². The van der Waals surface area contributed by atoms with Crippen LogP contribution < -0.4 is 9.64 Å². The van der Waals surface area contributed by atoms with Crippen molar-refractivity contribution in [1.29, 1.82) is 0 Å². The summed E-state index contributed by atoms with van der Waals surface area (Å²) in [6.45, 7) is 7.13. The highest BCUT2D eigenvalue weighted by Crippen LogP contribution is 2.35. The Morgan fingerprint density at radius 1 is 1.24 bits per heavy atom. The number of aromatic carboxylic acids is 1. The van der Waals surface area contributed by atoms with E-state index in [9.17, 15) is 9.90 Å². The van der Waals surface area contributed by atoms with Crippen molar-refractivity contribution in [2.75, 3.05) is 11.4 Å². The van der Waals surface area contributed by atoms with Gasteiger partial charge in [-0.15, -0.1) is 0 Å². The Kier molecular flexibility index (Phi) is 6.98. The lowest BCUT2D eigenvalue weighted by molar-refractivity contribution is 0.0692. The smallest absolute Gasteiger partial charge is 0.339 e. The molecule has 1 saturated heterocycles. The zero-order chi connectivity index (χ0) is 23.5. The van der Waals surface area contributed by atoms with Gasteiger partial charge in [-0.05, 0) is 60.6 Å². The number of halogens is 1. The van der Waals surface area contributed by atoms with E-state index in [0.717, 1.165) is 35.2 Å². The van der Waals surface area contributed by atoms with E-state index in [2.05, 4.69) is 62.8 Å². The molecule has 3 aromatic rings. The first-order chi connectivity index (χ1) is 15.8. The summed E-state index contributed by atoms with van der Waals surface area (Å²) in [7, 11) is 0. The molecule has 0 radical (unpaired) electrons. The topological polar surface area (TPSA) is 75.5 Å². The van der Waals surface area contributed by atoms with Gasteiger partial charge < -0.3 is 14.7 Å². The number of nitrogens with zero attached hydrogens (tertiary/aromatic N) is 3. The third-order valence-corrected chi connectivity index (χ3v) is 6.62. The molecule has 1 aromatic heterocycles. The van der Waals surface area contributed by atoms with Gasteiger partial charge in [-0.2, -0.15) is 0 Å². The summed E-state index contributed by atoms with van der Waals surface area (Å²) in [6.07, 6.45) is 3.42. The van der Waals surface area contributed by atoms with E-state index in [-0.39, 0.29) is 18.2 Å². The van der Waals surface area contributed by atoms with Gasteiger partial charge >= 0.3 is 5.97 Å². The fraction of sp³-hybridized carbons (Fsp3) is 0.346. The van der Waals surface area contributed by atoms with Crippen LogP contribution in [0.5, 0.6) is 5.75 Å². The Hall–Kier alpha value is -2.93. The molecular weight excluding hydrogens is 482 g/mol. The SMILES string of the molecule is Cc1ccc(C(C)C)cc1OCc1nc(N2CCCC2c2ccc(Br)cc2)ncc1C(=O)O. The predicted molar refractivity (Wildman–Crippen MR) is 132 cm³/mol. The number of aromatic nitrogens is 2. The maximum atomic E-state index is 11.8. The van der Waals surface area contributed by atoms with Crippen LogP contribution in [0.25, 0.3) is 0 Å². The van der Waals surface area contributed by atoms with E-state index in [1.807, 2.05) is 31.2 Å². The zero-order valence-corrected chi connectivity index (χ0v) is 20.7. The highest BCUT2D eigenvalue weighted by atomic mass is 79.9. The van der Waals surface area contributed by atoms with Crippen molar-refractivity contribution >= 4 is 27.8 Å². The maximum Gasteiger partial charge on any atom is 0.339 e. The van der Waals surface area contributed by atoms with Crippen LogP contribution in [0, 0.1) is 6.92 Å². The van der Waals surface area contributed by atoms with Gasteiger partial charge in [0.25, 0.3) is 0 Å². The molecule has 1 unspecified atom stereocenters. The molecule has 7 heteroatoms. The van der Waals surface area contributed by atoms with Crippen molar-refractivity contribution in [3.05, 3.63) is 81.1 Å². The molecule has 1 aliphatic heterocycles. The molecule has 2 heterocycles. The largest absolute Gasteiger partial charge is 0.487 e. The lowest BCUT2D eigenvalue weighted by atomic mass is 10.0. The molecule has 33 heavy (non-hydrogen) atoms. The number of carboxylic acid groups (broad SMARTS) is 1. The number of benzene rings is 2. The molecule has 2 aromatic carbocycles. The standard InChI is InChI=1S/C26H28BrN3O3/c1-16(2)19-7-6-17(3)24(13-19)33-15-22-21(25(31)32)14-28-26(29-22)30-12-4-5-23(30)18-8-10-20(27)11-9-18/h6-11,13-14,16,23H,4-5,12,15H2,1-3H3,(H,31,32). The molecule has 1 fully saturated rings. The number of aryl methyl sites for hydroxylation is 1. The van der Waals surface area contributed by atoms with Gasteiger partial charge in [0, 0.05) is 17.2 Å². The lowest BCUT2D eigenvalue weighted by Gasteiger charge is -2.25. The fourth-order valence-electron chi connectivity index (χ4n) is 4.15. The lowest BCUT2D eigenvalue weighted by Crippen LogP contribution is -2.26. The summed E-state index contributed by atoms with van der Waals surface area (Å²) < 4.78 is 7.11. The average Bonchev–Trinajstić information content (AvgIpc) is 3.28. The number of hydrogen-bond donors (Lipinski definition) is 1. The number of carbonyl (C=O) groups is 1. The van der Waals surface area contributed by atoms with Crippen molar-refractivity contribution in [3.8, 4) is 5.75 Å². The van der Waals surface area contributed by atoms with Gasteiger partial charge in [0.2, 0.25) is 5.95 Å². The summed E-state index contributed by atoms with van der Waals surface area (Å²) in [5.74, 6) is 0.598. The normalized spacial score (nSPS) is 15.8. The first-order valence-corrected chi connectivity index (χ1v) is 12.0. The average molecular weight is 510 g/mol. The van der Waals surface area contributed by atoms with Crippen LogP contribution in [-0.4, -0.2) is 27.6 Å². The molecule has 0 bridgehead atoms. The van der Waals surface area contributed by atoms with Crippen molar-refractivity contribution < 1.29 is 14.6 Å². The Bertz CT molecular complexity index is 1150. The van der Waals surface area contributed by atoms with Crippen LogP contribution in [0.2, 0.25) is 0 Å². The highest BCUT2D eigenvalue weighted by molar-refractivity contribution is 9.10. The van der Waals surface area contributed by atoms with Gasteiger partial charge in [0.05, 0.1) is 11.7 Å². The summed E-state index contributed by atoms with van der Waals surface area (Å²) in [5, 5.41) is 9.69. The van der Waals surface area contributed by atoms with Gasteiger partial charge in [-0.3, -0.25) is 0 Å². The first-order valence-electron chi connectivity index (χ1n) is 11.2. The molecule has 0 saturated carbocycles. The van der Waals surface area contributed by atoms with E-state index >= 15 is 0 Å². The first kappa shape index (κ1) is 23.2. The van der Waals surface area contributed by atoms with Crippen LogP contribution >= 0.6 is 15.9 Å². The molecule has 0 aliphatic carbocycles. The van der Waals surface area contributed by atoms with Crippen LogP contribution in [-0.2, 0) is 6.61 Å². The molecule has 0 amide bonds. The third-order valence-electron chi connectivity index (χ3n) is 6.09. The number of anilines is 1. The summed E-state index contributed by atoms with van der Waals surface area (Å²) in [5.41, 5.74) is 3.81. The fourth-order valence-corrected chi connectivity index (χ4v) is 4.41. The number of hydrogen-bond acceptors (Lipinski definition) is 5. The van der Waals surface area contributed by atoms with Gasteiger partial charge in [-0.1, -0.05) is 54.0 Å². The minimum absolute atomic E-state index is 0.0656. The highest BCUT2D eigenvalue weighted by Gasteiger charge is 2.29. The van der Waals surface area contributed by atoms with E-state index < -0.39 is 5.97 Å². The van der Waals surface area contributed by atoms with Crippen molar-refractivity contribution in [2.45, 2.75) is 52.2 Å². The Morgan fingerprint density at radius 3 is 2.70 bits per heavy atom. The Balaban J connectivity index is 1.62. The summed E-state index contributed by atoms with van der Waals surface area (Å²) in [4.78, 5) is 23.1. The van der Waals surface area contributed by atoms with Gasteiger partial charge in [0.15, 0.2) is 0 Å². The third kappa shape index (κ3) is 5.19.